The number of rotatable bonds is 4. The second kappa shape index (κ2) is 8.00. The van der Waals surface area contributed by atoms with Crippen molar-refractivity contribution in [2.24, 2.45) is 0 Å². The van der Waals surface area contributed by atoms with Gasteiger partial charge in [-0.25, -0.2) is 8.78 Å². The number of phenolic OH excluding ortho intramolecular Hbond substituents is 1. The molecule has 0 radical (unpaired) electrons. The zero-order chi connectivity index (χ0) is 24.1. The van der Waals surface area contributed by atoms with E-state index in [2.05, 4.69) is 0 Å². The van der Waals surface area contributed by atoms with Gasteiger partial charge in [0.2, 0.25) is 5.78 Å². The van der Waals surface area contributed by atoms with Crippen molar-refractivity contribution in [1.29, 1.82) is 0 Å². The average Bonchev–Trinajstić information content (AvgIpc) is 3.32. The number of anilines is 1. The summed E-state index contributed by atoms with van der Waals surface area (Å²) in [6.07, 6.45) is 0. The van der Waals surface area contributed by atoms with E-state index in [1.54, 1.807) is 18.2 Å². The fraction of sp³-hybridized carbons (Fsp3) is 0.0400. The number of furan rings is 1. The molecule has 3 aromatic carbocycles. The monoisotopic (exact) mass is 481 g/mol. The van der Waals surface area contributed by atoms with Crippen LogP contribution in [0.5, 0.6) is 5.75 Å². The predicted molar refractivity (Wildman–Crippen MR) is 120 cm³/mol. The zero-order valence-electron chi connectivity index (χ0n) is 17.1. The van der Waals surface area contributed by atoms with Crippen LogP contribution in [0, 0.1) is 11.6 Å². The number of hydrogen-bond acceptors (Lipinski definition) is 5. The molecule has 6 nitrogen and oxygen atoms in total. The number of amides is 1. The Kier molecular flexibility index (Phi) is 5.10. The third-order valence-electron chi connectivity index (χ3n) is 5.51. The van der Waals surface area contributed by atoms with Crippen LogP contribution >= 0.6 is 11.6 Å². The molecule has 0 bridgehead atoms. The minimum atomic E-state index is -1.33. The average molecular weight is 482 g/mol. The molecule has 1 aromatic heterocycles. The molecule has 0 spiro atoms. The summed E-state index contributed by atoms with van der Waals surface area (Å²) in [6, 6.07) is 13.0. The van der Waals surface area contributed by atoms with Gasteiger partial charge >= 0.3 is 0 Å². The van der Waals surface area contributed by atoms with Crippen molar-refractivity contribution in [3.63, 3.8) is 0 Å². The molecule has 2 heterocycles. The van der Waals surface area contributed by atoms with Crippen LogP contribution in [0.25, 0.3) is 11.0 Å². The van der Waals surface area contributed by atoms with E-state index in [4.69, 9.17) is 16.0 Å². The first-order valence-electron chi connectivity index (χ1n) is 9.99. The summed E-state index contributed by atoms with van der Waals surface area (Å²) in [5.41, 5.74) is -0.175. The summed E-state index contributed by atoms with van der Waals surface area (Å²) in [5.74, 6) is -5.10. The first-order chi connectivity index (χ1) is 16.2. The summed E-state index contributed by atoms with van der Waals surface area (Å²) >= 11 is 5.99. The molecule has 1 unspecified atom stereocenters. The molecule has 9 heteroatoms. The Bertz CT molecular complexity index is 1530. The minimum absolute atomic E-state index is 0.180. The number of Topliss-reactive ketones (excluding diaryl/α,β-unsaturated/α-hetero) is 1. The van der Waals surface area contributed by atoms with E-state index in [-0.39, 0.29) is 28.3 Å². The Balaban J connectivity index is 1.68. The first-order valence-corrected chi connectivity index (χ1v) is 10.4. The highest BCUT2D eigenvalue weighted by molar-refractivity contribution is 6.31. The molecule has 0 saturated heterocycles. The summed E-state index contributed by atoms with van der Waals surface area (Å²) in [5, 5.41) is 21.7. The largest absolute Gasteiger partial charge is 0.508 e. The number of hydrogen-bond donors (Lipinski definition) is 2. The van der Waals surface area contributed by atoms with Gasteiger partial charge in [-0.3, -0.25) is 14.5 Å². The van der Waals surface area contributed by atoms with Crippen molar-refractivity contribution in [2.45, 2.75) is 6.04 Å². The van der Waals surface area contributed by atoms with E-state index in [9.17, 15) is 28.6 Å². The lowest BCUT2D eigenvalue weighted by atomic mass is 9.94. The van der Waals surface area contributed by atoms with Crippen molar-refractivity contribution >= 4 is 39.9 Å². The lowest BCUT2D eigenvalue weighted by Gasteiger charge is -2.27. The number of aromatic hydroxyl groups is 1. The van der Waals surface area contributed by atoms with Gasteiger partial charge in [0.05, 0.1) is 17.3 Å². The molecule has 1 aliphatic heterocycles. The number of nitrogens with zero attached hydrogens (tertiary/aromatic N) is 1. The van der Waals surface area contributed by atoms with E-state index in [0.717, 1.165) is 17.0 Å². The molecule has 4 aromatic rings. The Morgan fingerprint density at radius 2 is 1.79 bits per heavy atom. The Morgan fingerprint density at radius 1 is 1.00 bits per heavy atom. The Morgan fingerprint density at radius 3 is 2.53 bits per heavy atom. The molecule has 170 valence electrons. The number of aliphatic hydroxyl groups excluding tert-OH is 1. The SMILES string of the molecule is O=C(C1=C(O)C(=O)N(c2ccc(F)cc2F)C1c1cccc(O)c1)c1cc2cc(Cl)ccc2o1. The zero-order valence-corrected chi connectivity index (χ0v) is 17.9. The van der Waals surface area contributed by atoms with Crippen molar-refractivity contribution in [3.8, 4) is 5.75 Å². The number of aliphatic hydroxyl groups is 1. The number of benzene rings is 3. The van der Waals surface area contributed by atoms with Gasteiger partial charge < -0.3 is 14.6 Å². The molecule has 1 amide bonds. The molecule has 0 saturated carbocycles. The molecule has 2 N–H and O–H groups in total. The van der Waals surface area contributed by atoms with E-state index in [1.807, 2.05) is 0 Å². The Hall–Kier alpha value is -4.17. The van der Waals surface area contributed by atoms with Crippen molar-refractivity contribution in [1.82, 2.24) is 0 Å². The van der Waals surface area contributed by atoms with Crippen LogP contribution < -0.4 is 4.90 Å². The maximum absolute atomic E-state index is 14.7. The fourth-order valence-electron chi connectivity index (χ4n) is 4.03. The van der Waals surface area contributed by atoms with Crippen molar-refractivity contribution < 1.29 is 33.0 Å². The smallest absolute Gasteiger partial charge is 0.294 e. The van der Waals surface area contributed by atoms with Gasteiger partial charge in [-0.05, 0) is 54.1 Å². The van der Waals surface area contributed by atoms with Gasteiger partial charge in [0.25, 0.3) is 5.91 Å². The van der Waals surface area contributed by atoms with Gasteiger partial charge in [-0.2, -0.15) is 0 Å². The van der Waals surface area contributed by atoms with Gasteiger partial charge in [0.15, 0.2) is 11.5 Å². The van der Waals surface area contributed by atoms with Gasteiger partial charge in [-0.1, -0.05) is 23.7 Å². The van der Waals surface area contributed by atoms with Gasteiger partial charge in [0.1, 0.15) is 23.0 Å². The van der Waals surface area contributed by atoms with Crippen LogP contribution in [-0.4, -0.2) is 21.9 Å². The summed E-state index contributed by atoms with van der Waals surface area (Å²) in [6.45, 7) is 0. The normalized spacial score (nSPS) is 16.0. The predicted octanol–water partition coefficient (Wildman–Crippen LogP) is 5.85. The number of carbonyl (C=O) groups excluding carboxylic acids is 2. The molecular weight excluding hydrogens is 468 g/mol. The highest BCUT2D eigenvalue weighted by Crippen LogP contribution is 2.43. The van der Waals surface area contributed by atoms with E-state index in [0.29, 0.717) is 22.1 Å². The molecular formula is C25H14ClF2NO5. The van der Waals surface area contributed by atoms with Crippen molar-refractivity contribution in [3.05, 3.63) is 106 Å². The number of ketones is 1. The first kappa shape index (κ1) is 21.7. The van der Waals surface area contributed by atoms with Crippen molar-refractivity contribution in [2.75, 3.05) is 4.90 Å². The Labute approximate surface area is 195 Å². The fourth-order valence-corrected chi connectivity index (χ4v) is 4.21. The second-order valence-electron chi connectivity index (χ2n) is 7.65. The lowest BCUT2D eigenvalue weighted by Crippen LogP contribution is -2.31. The molecule has 1 aliphatic rings. The summed E-state index contributed by atoms with van der Waals surface area (Å²) in [4.78, 5) is 27.4. The summed E-state index contributed by atoms with van der Waals surface area (Å²) in [7, 11) is 0. The quantitative estimate of drug-likeness (QED) is 0.357. The number of phenols is 1. The lowest BCUT2D eigenvalue weighted by molar-refractivity contribution is -0.117. The maximum Gasteiger partial charge on any atom is 0.294 e. The summed E-state index contributed by atoms with van der Waals surface area (Å²) < 4.78 is 33.8. The highest BCUT2D eigenvalue weighted by atomic mass is 35.5. The molecule has 34 heavy (non-hydrogen) atoms. The third-order valence-corrected chi connectivity index (χ3v) is 5.75. The van der Waals surface area contributed by atoms with Gasteiger partial charge in [-0.15, -0.1) is 0 Å². The van der Waals surface area contributed by atoms with Crippen LogP contribution in [0.15, 0.2) is 82.5 Å². The van der Waals surface area contributed by atoms with Crippen LogP contribution in [0.3, 0.4) is 0 Å². The maximum atomic E-state index is 14.7. The second-order valence-corrected chi connectivity index (χ2v) is 8.09. The van der Waals surface area contributed by atoms with Crippen LogP contribution in [0.4, 0.5) is 14.5 Å². The minimum Gasteiger partial charge on any atom is -0.508 e. The van der Waals surface area contributed by atoms with E-state index < -0.39 is 35.1 Å². The standard InChI is InChI=1S/C25H14ClF2NO5/c26-14-4-7-19-13(8-14)10-20(34-19)23(31)21-22(12-2-1-3-16(30)9-12)29(25(33)24(21)32)18-6-5-15(27)11-17(18)28/h1-11,22,30,32H. The number of fused-ring (bicyclic) bond motifs is 1. The van der Waals surface area contributed by atoms with Crippen LogP contribution in [0.1, 0.15) is 22.2 Å². The molecule has 0 fully saturated rings. The van der Waals surface area contributed by atoms with Crippen LogP contribution in [0.2, 0.25) is 5.02 Å². The molecule has 0 aliphatic carbocycles. The topological polar surface area (TPSA) is 91.0 Å². The molecule has 1 atom stereocenters. The van der Waals surface area contributed by atoms with Crippen LogP contribution in [-0.2, 0) is 4.79 Å². The third kappa shape index (κ3) is 3.48. The van der Waals surface area contributed by atoms with E-state index >= 15 is 0 Å². The van der Waals surface area contributed by atoms with Gasteiger partial charge in [0, 0.05) is 16.5 Å². The van der Waals surface area contributed by atoms with E-state index in [1.165, 1.54) is 30.3 Å². The highest BCUT2D eigenvalue weighted by Gasteiger charge is 2.46. The number of halogens is 3. The number of carbonyl (C=O) groups is 2. The molecule has 5 rings (SSSR count).